The number of benzene rings is 5. The van der Waals surface area contributed by atoms with Gasteiger partial charge in [0, 0.05) is 40.0 Å². The van der Waals surface area contributed by atoms with E-state index in [0.717, 1.165) is 32.1 Å². The van der Waals surface area contributed by atoms with E-state index in [4.69, 9.17) is 0 Å². The van der Waals surface area contributed by atoms with Crippen LogP contribution in [0.1, 0.15) is 54.9 Å². The number of nitrogens with zero attached hydrogens (tertiary/aromatic N) is 2. The van der Waals surface area contributed by atoms with E-state index in [1.165, 1.54) is 80.9 Å². The maximum atomic E-state index is 2.78. The van der Waals surface area contributed by atoms with Gasteiger partial charge >= 0.3 is 0 Å². The van der Waals surface area contributed by atoms with Gasteiger partial charge in [0.2, 0.25) is 0 Å². The van der Waals surface area contributed by atoms with Crippen LogP contribution < -0.4 is 9.80 Å². The summed E-state index contributed by atoms with van der Waals surface area (Å²) in [6, 6.07) is 42.3. The van der Waals surface area contributed by atoms with Gasteiger partial charge in [0.1, 0.15) is 0 Å². The number of anilines is 2. The van der Waals surface area contributed by atoms with Crippen LogP contribution in [0.4, 0.5) is 11.4 Å². The first-order valence-corrected chi connectivity index (χ1v) is 24.0. The van der Waals surface area contributed by atoms with Crippen LogP contribution in [0.2, 0.25) is 0 Å². The van der Waals surface area contributed by atoms with E-state index in [0.29, 0.717) is 3.92 Å². The van der Waals surface area contributed by atoms with Crippen LogP contribution in [-0.4, -0.2) is 22.1 Å². The topological polar surface area (TPSA) is 6.48 Å². The van der Waals surface area contributed by atoms with Crippen LogP contribution in [0.15, 0.2) is 152 Å². The Morgan fingerprint density at radius 2 is 1.27 bits per heavy atom. The van der Waals surface area contributed by atoms with Crippen molar-refractivity contribution in [2.45, 2.75) is 60.2 Å². The Balaban J connectivity index is 0.997. The fourth-order valence-electron chi connectivity index (χ4n) is 10.7. The van der Waals surface area contributed by atoms with Gasteiger partial charge in [-0.25, -0.2) is 0 Å². The fraction of sp³-hybridized carbons (Fsp3) is 0.185. The lowest BCUT2D eigenvalue weighted by atomic mass is 9.78. The number of hydrogen-bond acceptors (Lipinski definition) is 4. The molecule has 0 bridgehead atoms. The van der Waals surface area contributed by atoms with Gasteiger partial charge in [0.05, 0.1) is 24.2 Å². The van der Waals surface area contributed by atoms with E-state index in [1.54, 1.807) is 4.88 Å². The van der Waals surface area contributed by atoms with Crippen molar-refractivity contribution in [2.75, 3.05) is 9.80 Å². The number of halogens is 1. The van der Waals surface area contributed by atoms with Gasteiger partial charge < -0.3 is 9.80 Å². The van der Waals surface area contributed by atoms with Crippen molar-refractivity contribution >= 4 is 95.7 Å². The summed E-state index contributed by atoms with van der Waals surface area (Å²) in [5.41, 5.74) is 12.7. The summed E-state index contributed by atoms with van der Waals surface area (Å²) in [6.07, 6.45) is 29.0. The highest BCUT2D eigenvalue weighted by molar-refractivity contribution is 14.1. The van der Waals surface area contributed by atoms with Crippen molar-refractivity contribution in [3.8, 4) is 11.1 Å². The third-order valence-corrected chi connectivity index (χ3v) is 16.6. The SMILES string of the molecule is IC1C=Cc2c(sc3c2CC(N(c2cc4c(c5ccccc25)CC(N(c2ccccc2)C2C=Cc5sc6ccccc6c5C2)c2ccccc2-4)C2C=CC=CC2)C=C3)C1. The summed E-state index contributed by atoms with van der Waals surface area (Å²) >= 11 is 6.53. The number of para-hydroxylation sites is 1. The molecule has 288 valence electrons. The first-order chi connectivity index (χ1) is 29.2. The summed E-state index contributed by atoms with van der Waals surface area (Å²) in [5.74, 6) is 0. The van der Waals surface area contributed by atoms with Crippen molar-refractivity contribution < 1.29 is 0 Å². The molecule has 2 nitrogen and oxygen atoms in total. The molecule has 7 aromatic rings. The molecule has 0 fully saturated rings. The molecule has 59 heavy (non-hydrogen) atoms. The summed E-state index contributed by atoms with van der Waals surface area (Å²) < 4.78 is 1.96. The zero-order valence-electron chi connectivity index (χ0n) is 32.7. The quantitative estimate of drug-likeness (QED) is 0.121. The maximum absolute atomic E-state index is 2.78. The van der Waals surface area contributed by atoms with E-state index >= 15 is 0 Å². The Bertz CT molecular complexity index is 2940. The van der Waals surface area contributed by atoms with Gasteiger partial charge in [-0.15, -0.1) is 22.7 Å². The highest BCUT2D eigenvalue weighted by Gasteiger charge is 2.37. The molecule has 0 N–H and O–H groups in total. The number of fused-ring (bicyclic) bond motifs is 11. The minimum absolute atomic E-state index is 0.165. The second-order valence-electron chi connectivity index (χ2n) is 16.6. The molecule has 0 amide bonds. The molecule has 2 heterocycles. The van der Waals surface area contributed by atoms with Crippen LogP contribution in [0.3, 0.4) is 0 Å². The van der Waals surface area contributed by atoms with E-state index in [2.05, 4.69) is 202 Å². The van der Waals surface area contributed by atoms with Crippen LogP contribution in [0.25, 0.3) is 50.2 Å². The van der Waals surface area contributed by atoms with Gasteiger partial charge in [-0.3, -0.25) is 0 Å². The summed E-state index contributed by atoms with van der Waals surface area (Å²) in [5, 5.41) is 4.14. The first-order valence-electron chi connectivity index (χ1n) is 21.1. The molecule has 5 aliphatic carbocycles. The smallest absolute Gasteiger partial charge is 0.0595 e. The normalized spacial score (nSPS) is 22.2. The summed E-state index contributed by atoms with van der Waals surface area (Å²) in [6.45, 7) is 0. The minimum Gasteiger partial charge on any atom is -0.357 e. The fourth-order valence-corrected chi connectivity index (χ4v) is 14.1. The molecule has 2 aromatic heterocycles. The third-order valence-electron chi connectivity index (χ3n) is 13.3. The average molecular weight is 911 g/mol. The van der Waals surface area contributed by atoms with Gasteiger partial charge in [0.25, 0.3) is 0 Å². The third kappa shape index (κ3) is 6.06. The Kier molecular flexibility index (Phi) is 8.93. The predicted molar refractivity (Wildman–Crippen MR) is 264 cm³/mol. The van der Waals surface area contributed by atoms with Gasteiger partial charge in [-0.1, -0.05) is 156 Å². The molecule has 0 spiro atoms. The van der Waals surface area contributed by atoms with E-state index in [1.807, 2.05) is 22.7 Å². The minimum atomic E-state index is 0.165. The number of alkyl halides is 1. The molecule has 12 rings (SSSR count). The van der Waals surface area contributed by atoms with Crippen molar-refractivity contribution in [1.82, 2.24) is 0 Å². The lowest BCUT2D eigenvalue weighted by Crippen LogP contribution is -2.44. The zero-order valence-corrected chi connectivity index (χ0v) is 36.5. The molecule has 0 aliphatic heterocycles. The van der Waals surface area contributed by atoms with Crippen LogP contribution >= 0.6 is 45.3 Å². The van der Waals surface area contributed by atoms with E-state index in [-0.39, 0.29) is 24.2 Å². The molecule has 5 aliphatic rings. The number of allylic oxidation sites excluding steroid dienone is 3. The summed E-state index contributed by atoms with van der Waals surface area (Å²) in [7, 11) is 0. The second kappa shape index (κ2) is 14.6. The van der Waals surface area contributed by atoms with Crippen LogP contribution in [0.5, 0.6) is 0 Å². The maximum Gasteiger partial charge on any atom is 0.0595 e. The van der Waals surface area contributed by atoms with Gasteiger partial charge in [0.15, 0.2) is 0 Å². The largest absolute Gasteiger partial charge is 0.357 e. The molecule has 0 saturated carbocycles. The Morgan fingerprint density at radius 1 is 0.542 bits per heavy atom. The highest BCUT2D eigenvalue weighted by Crippen LogP contribution is 2.50. The zero-order chi connectivity index (χ0) is 39.0. The molecule has 5 unspecified atom stereocenters. The van der Waals surface area contributed by atoms with Crippen LogP contribution in [-0.2, 0) is 25.7 Å². The summed E-state index contributed by atoms with van der Waals surface area (Å²) in [4.78, 5) is 9.94. The molecule has 5 heteroatoms. The first kappa shape index (κ1) is 35.9. The molecular formula is C54H43IN2S2. The van der Waals surface area contributed by atoms with E-state index < -0.39 is 0 Å². The monoisotopic (exact) mass is 910 g/mol. The molecule has 5 atom stereocenters. The average Bonchev–Trinajstić information content (AvgIpc) is 3.85. The molecular weight excluding hydrogens is 868 g/mol. The number of hydrogen-bond donors (Lipinski definition) is 0. The van der Waals surface area contributed by atoms with Crippen molar-refractivity contribution in [2.24, 2.45) is 0 Å². The predicted octanol–water partition coefficient (Wildman–Crippen LogP) is 14.2. The Labute approximate surface area is 368 Å². The van der Waals surface area contributed by atoms with Gasteiger partial charge in [-0.05, 0) is 118 Å². The highest BCUT2D eigenvalue weighted by atomic mass is 127. The van der Waals surface area contributed by atoms with Crippen molar-refractivity contribution in [3.63, 3.8) is 0 Å². The lowest BCUT2D eigenvalue weighted by molar-refractivity contribution is 0.558. The van der Waals surface area contributed by atoms with Crippen molar-refractivity contribution in [1.29, 1.82) is 0 Å². The standard InChI is InChI=1S/C54H43IN2S2/c55-34-23-26-44-48-31-38(25-28-53(48)59-54(44)29-34)57(36-15-5-2-6-16-36)50-33-46-39-17-7-9-19-41(39)49(32-45(46)40-18-8-10-20-42(40)50)56(35-13-3-1-4-14-35)37-24-27-52-47(30-37)43-21-11-12-22-51(43)58-52/h1-15,17-28,33-34,36-38,49H,16,29-32H2. The Morgan fingerprint density at radius 3 is 2.12 bits per heavy atom. The molecule has 5 aromatic carbocycles. The number of thiophene rings is 2. The van der Waals surface area contributed by atoms with E-state index in [9.17, 15) is 0 Å². The number of rotatable bonds is 6. The van der Waals surface area contributed by atoms with Crippen molar-refractivity contribution in [3.05, 3.63) is 194 Å². The van der Waals surface area contributed by atoms with Crippen LogP contribution in [0, 0.1) is 0 Å². The van der Waals surface area contributed by atoms with Gasteiger partial charge in [-0.2, -0.15) is 0 Å². The second-order valence-corrected chi connectivity index (χ2v) is 20.4. The molecule has 0 saturated heterocycles. The molecule has 0 radical (unpaired) electrons. The Hall–Kier alpha value is -4.95. The lowest BCUT2D eigenvalue weighted by Gasteiger charge is -2.44.